The lowest BCUT2D eigenvalue weighted by atomic mass is 9.87. The second-order valence-corrected chi connectivity index (χ2v) is 3.91. The van der Waals surface area contributed by atoms with Gasteiger partial charge in [-0.05, 0) is 24.2 Å². The van der Waals surface area contributed by atoms with Gasteiger partial charge in [-0.3, -0.25) is 0 Å². The van der Waals surface area contributed by atoms with Gasteiger partial charge >= 0.3 is 0 Å². The Hall–Kier alpha value is -0.0400. The molecule has 1 nitrogen and oxygen atoms in total. The summed E-state index contributed by atoms with van der Waals surface area (Å²) in [4.78, 5) is 0. The molecule has 0 aliphatic carbocycles. The molecule has 1 heteroatoms. The van der Waals surface area contributed by atoms with Crippen molar-refractivity contribution in [1.29, 1.82) is 0 Å². The molecule has 0 aliphatic rings. The molecule has 2 unspecified atom stereocenters. The molecule has 1 N–H and O–H groups in total. The van der Waals surface area contributed by atoms with Crippen LogP contribution < -0.4 is 0 Å². The largest absolute Gasteiger partial charge is 0.396 e. The van der Waals surface area contributed by atoms with Crippen molar-refractivity contribution in [2.24, 2.45) is 17.8 Å². The van der Waals surface area contributed by atoms with E-state index in [0.29, 0.717) is 12.5 Å². The molecule has 0 fully saturated rings. The minimum absolute atomic E-state index is 0.355. The molecular formula is C10H22O. The number of aliphatic hydroxyl groups excluding tert-OH is 1. The molecule has 0 aromatic heterocycles. The van der Waals surface area contributed by atoms with Gasteiger partial charge in [0.25, 0.3) is 0 Å². The first-order valence-electron chi connectivity index (χ1n) is 4.72. The van der Waals surface area contributed by atoms with E-state index in [4.69, 9.17) is 5.11 Å². The Morgan fingerprint density at radius 3 is 2.00 bits per heavy atom. The maximum atomic E-state index is 8.96. The molecule has 0 rings (SSSR count). The zero-order valence-electron chi connectivity index (χ0n) is 8.30. The van der Waals surface area contributed by atoms with Gasteiger partial charge < -0.3 is 5.11 Å². The maximum absolute atomic E-state index is 8.96. The molecule has 68 valence electrons. The second-order valence-electron chi connectivity index (χ2n) is 3.91. The Morgan fingerprint density at radius 2 is 1.73 bits per heavy atom. The Morgan fingerprint density at radius 1 is 1.18 bits per heavy atom. The van der Waals surface area contributed by atoms with Gasteiger partial charge in [-0.1, -0.05) is 34.1 Å². The van der Waals surface area contributed by atoms with Gasteiger partial charge in [0, 0.05) is 6.61 Å². The van der Waals surface area contributed by atoms with Crippen LogP contribution in [-0.2, 0) is 0 Å². The zero-order chi connectivity index (χ0) is 8.85. The lowest BCUT2D eigenvalue weighted by molar-refractivity contribution is 0.187. The summed E-state index contributed by atoms with van der Waals surface area (Å²) in [7, 11) is 0. The Balaban J connectivity index is 3.62. The summed E-state index contributed by atoms with van der Waals surface area (Å²) in [6.45, 7) is 9.26. The van der Waals surface area contributed by atoms with E-state index in [0.717, 1.165) is 18.3 Å². The number of rotatable bonds is 5. The van der Waals surface area contributed by atoms with Gasteiger partial charge in [0.15, 0.2) is 0 Å². The van der Waals surface area contributed by atoms with Crippen molar-refractivity contribution in [2.75, 3.05) is 6.61 Å². The van der Waals surface area contributed by atoms with Crippen LogP contribution >= 0.6 is 0 Å². The zero-order valence-corrected chi connectivity index (χ0v) is 8.30. The SMILES string of the molecule is CCC(CO)CC(C)C(C)C. The van der Waals surface area contributed by atoms with Gasteiger partial charge in [-0.25, -0.2) is 0 Å². The average Bonchev–Trinajstić information content (AvgIpc) is 1.99. The molecule has 0 aliphatic heterocycles. The highest BCUT2D eigenvalue weighted by atomic mass is 16.3. The third kappa shape index (κ3) is 4.41. The summed E-state index contributed by atoms with van der Waals surface area (Å²) in [5.41, 5.74) is 0. The fraction of sp³-hybridized carbons (Fsp3) is 1.00. The molecule has 0 spiro atoms. The van der Waals surface area contributed by atoms with Crippen LogP contribution in [0, 0.1) is 17.8 Å². The van der Waals surface area contributed by atoms with Gasteiger partial charge in [-0.2, -0.15) is 0 Å². The minimum atomic E-state index is 0.355. The van der Waals surface area contributed by atoms with E-state index in [1.165, 1.54) is 6.42 Å². The molecule has 0 saturated heterocycles. The summed E-state index contributed by atoms with van der Waals surface area (Å²) in [6.07, 6.45) is 2.28. The van der Waals surface area contributed by atoms with Crippen molar-refractivity contribution in [1.82, 2.24) is 0 Å². The van der Waals surface area contributed by atoms with Gasteiger partial charge in [0.05, 0.1) is 0 Å². The van der Waals surface area contributed by atoms with Crippen molar-refractivity contribution in [2.45, 2.75) is 40.5 Å². The van der Waals surface area contributed by atoms with Crippen LogP contribution in [0.1, 0.15) is 40.5 Å². The second kappa shape index (κ2) is 5.59. The predicted molar refractivity (Wildman–Crippen MR) is 49.5 cm³/mol. The first kappa shape index (κ1) is 11.0. The van der Waals surface area contributed by atoms with Crippen molar-refractivity contribution >= 4 is 0 Å². The van der Waals surface area contributed by atoms with Gasteiger partial charge in [0.2, 0.25) is 0 Å². The standard InChI is InChI=1S/C10H22O/c1-5-10(7-11)6-9(4)8(2)3/h8-11H,5-7H2,1-4H3. The molecule has 2 atom stereocenters. The highest BCUT2D eigenvalue weighted by Gasteiger charge is 2.12. The van der Waals surface area contributed by atoms with Crippen LogP contribution in [0.2, 0.25) is 0 Å². The van der Waals surface area contributed by atoms with E-state index >= 15 is 0 Å². The lowest BCUT2D eigenvalue weighted by Crippen LogP contribution is -2.13. The first-order chi connectivity index (χ1) is 5.11. The van der Waals surface area contributed by atoms with E-state index < -0.39 is 0 Å². The highest BCUT2D eigenvalue weighted by Crippen LogP contribution is 2.21. The summed E-state index contributed by atoms with van der Waals surface area (Å²) >= 11 is 0. The number of hydrogen-bond donors (Lipinski definition) is 1. The first-order valence-corrected chi connectivity index (χ1v) is 4.72. The molecule has 0 radical (unpaired) electrons. The highest BCUT2D eigenvalue weighted by molar-refractivity contribution is 4.63. The van der Waals surface area contributed by atoms with Crippen molar-refractivity contribution < 1.29 is 5.11 Å². The van der Waals surface area contributed by atoms with Crippen molar-refractivity contribution in [3.63, 3.8) is 0 Å². The normalized spacial score (nSPS) is 16.9. The third-order valence-corrected chi connectivity index (χ3v) is 2.68. The maximum Gasteiger partial charge on any atom is 0.0459 e. The topological polar surface area (TPSA) is 20.2 Å². The van der Waals surface area contributed by atoms with Gasteiger partial charge in [-0.15, -0.1) is 0 Å². The van der Waals surface area contributed by atoms with E-state index in [2.05, 4.69) is 27.7 Å². The van der Waals surface area contributed by atoms with E-state index in [1.807, 2.05) is 0 Å². The molecule has 11 heavy (non-hydrogen) atoms. The molecule has 0 heterocycles. The molecule has 0 saturated carbocycles. The van der Waals surface area contributed by atoms with Crippen molar-refractivity contribution in [3.8, 4) is 0 Å². The molecule has 0 aromatic carbocycles. The summed E-state index contributed by atoms with van der Waals surface area (Å²) in [5.74, 6) is 2.01. The molecule has 0 amide bonds. The van der Waals surface area contributed by atoms with Gasteiger partial charge in [0.1, 0.15) is 0 Å². The molecule has 0 aromatic rings. The lowest BCUT2D eigenvalue weighted by Gasteiger charge is -2.20. The number of aliphatic hydroxyl groups is 1. The quantitative estimate of drug-likeness (QED) is 0.652. The predicted octanol–water partition coefficient (Wildman–Crippen LogP) is 2.69. The fourth-order valence-electron chi connectivity index (χ4n) is 1.17. The summed E-state index contributed by atoms with van der Waals surface area (Å²) < 4.78 is 0. The Labute approximate surface area is 70.8 Å². The summed E-state index contributed by atoms with van der Waals surface area (Å²) in [5, 5.41) is 8.96. The summed E-state index contributed by atoms with van der Waals surface area (Å²) in [6, 6.07) is 0. The van der Waals surface area contributed by atoms with Crippen molar-refractivity contribution in [3.05, 3.63) is 0 Å². The monoisotopic (exact) mass is 158 g/mol. The fourth-order valence-corrected chi connectivity index (χ4v) is 1.17. The van der Waals surface area contributed by atoms with Crippen LogP contribution in [0.5, 0.6) is 0 Å². The number of hydrogen-bond acceptors (Lipinski definition) is 1. The van der Waals surface area contributed by atoms with Crippen LogP contribution in [0.15, 0.2) is 0 Å². The smallest absolute Gasteiger partial charge is 0.0459 e. The van der Waals surface area contributed by atoms with Crippen LogP contribution in [-0.4, -0.2) is 11.7 Å². The average molecular weight is 158 g/mol. The minimum Gasteiger partial charge on any atom is -0.396 e. The Kier molecular flexibility index (Phi) is 5.57. The Bertz CT molecular complexity index is 84.9. The van der Waals surface area contributed by atoms with E-state index in [-0.39, 0.29) is 0 Å². The van der Waals surface area contributed by atoms with Crippen LogP contribution in [0.3, 0.4) is 0 Å². The van der Waals surface area contributed by atoms with E-state index in [9.17, 15) is 0 Å². The molecular weight excluding hydrogens is 136 g/mol. The third-order valence-electron chi connectivity index (χ3n) is 2.68. The molecule has 0 bridgehead atoms. The van der Waals surface area contributed by atoms with Crippen LogP contribution in [0.4, 0.5) is 0 Å². The van der Waals surface area contributed by atoms with E-state index in [1.54, 1.807) is 0 Å². The van der Waals surface area contributed by atoms with Crippen LogP contribution in [0.25, 0.3) is 0 Å².